The molecule has 1 fully saturated rings. The highest BCUT2D eigenvalue weighted by Crippen LogP contribution is 2.42. The Kier molecular flexibility index (Phi) is 4.63. The van der Waals surface area contributed by atoms with Crippen molar-refractivity contribution < 1.29 is 4.74 Å². The van der Waals surface area contributed by atoms with Crippen molar-refractivity contribution in [3.63, 3.8) is 0 Å². The molecule has 1 unspecified atom stereocenters. The van der Waals surface area contributed by atoms with Gasteiger partial charge in [0.2, 0.25) is 0 Å². The number of aromatic nitrogens is 2. The van der Waals surface area contributed by atoms with Gasteiger partial charge in [0.1, 0.15) is 0 Å². The Labute approximate surface area is 116 Å². The Balaban J connectivity index is 2.25. The van der Waals surface area contributed by atoms with E-state index in [4.69, 9.17) is 4.74 Å². The molecule has 0 bridgehead atoms. The lowest BCUT2D eigenvalue weighted by Crippen LogP contribution is -2.47. The Hall–Kier alpha value is -0.870. The van der Waals surface area contributed by atoms with Gasteiger partial charge >= 0.3 is 0 Å². The maximum atomic E-state index is 6.01. The molecule has 1 atom stereocenters. The lowest BCUT2D eigenvalue weighted by atomic mass is 9.74. The first-order valence-corrected chi connectivity index (χ1v) is 7.38. The lowest BCUT2D eigenvalue weighted by molar-refractivity contribution is -0.0757. The maximum absolute atomic E-state index is 6.01. The average molecular weight is 265 g/mol. The fourth-order valence-corrected chi connectivity index (χ4v) is 3.26. The van der Waals surface area contributed by atoms with Gasteiger partial charge in [0.25, 0.3) is 0 Å². The first-order chi connectivity index (χ1) is 9.11. The van der Waals surface area contributed by atoms with E-state index in [1.165, 1.54) is 18.4 Å². The number of likely N-dealkylation sites (N-methyl/N-ethyl adjacent to an activating group) is 1. The van der Waals surface area contributed by atoms with Crippen LogP contribution in [0.4, 0.5) is 0 Å². The molecule has 0 saturated heterocycles. The number of nitrogens with one attached hydrogen (secondary N) is 1. The van der Waals surface area contributed by atoms with Gasteiger partial charge in [-0.1, -0.05) is 13.8 Å². The van der Waals surface area contributed by atoms with Gasteiger partial charge in [0.05, 0.1) is 17.8 Å². The summed E-state index contributed by atoms with van der Waals surface area (Å²) < 4.78 is 7.88. The first-order valence-electron chi connectivity index (χ1n) is 7.38. The summed E-state index contributed by atoms with van der Waals surface area (Å²) in [6, 6.07) is 0.240. The zero-order chi connectivity index (χ0) is 13.9. The average Bonchev–Trinajstić information content (AvgIpc) is 2.84. The van der Waals surface area contributed by atoms with Gasteiger partial charge in [-0.3, -0.25) is 4.68 Å². The van der Waals surface area contributed by atoms with Gasteiger partial charge < -0.3 is 10.1 Å². The molecule has 0 aliphatic heterocycles. The largest absolute Gasteiger partial charge is 0.376 e. The zero-order valence-electron chi connectivity index (χ0n) is 12.6. The third kappa shape index (κ3) is 3.00. The number of aryl methyl sites for hydroxylation is 1. The van der Waals surface area contributed by atoms with Gasteiger partial charge in [0, 0.05) is 25.9 Å². The molecule has 1 N–H and O–H groups in total. The van der Waals surface area contributed by atoms with Crippen LogP contribution in [0.5, 0.6) is 0 Å². The van der Waals surface area contributed by atoms with E-state index in [2.05, 4.69) is 30.5 Å². The number of hydrogen-bond acceptors (Lipinski definition) is 3. The molecule has 0 aromatic carbocycles. The zero-order valence-corrected chi connectivity index (χ0v) is 12.6. The highest BCUT2D eigenvalue weighted by molar-refractivity contribution is 5.17. The summed E-state index contributed by atoms with van der Waals surface area (Å²) in [7, 11) is 3.83. The normalized spacial score (nSPS) is 29.4. The van der Waals surface area contributed by atoms with Crippen molar-refractivity contribution in [2.75, 3.05) is 13.7 Å². The van der Waals surface area contributed by atoms with Crippen molar-refractivity contribution >= 4 is 0 Å². The van der Waals surface area contributed by atoms with Gasteiger partial charge in [0.15, 0.2) is 0 Å². The predicted molar refractivity (Wildman–Crippen MR) is 77.0 cm³/mol. The van der Waals surface area contributed by atoms with Gasteiger partial charge in [-0.2, -0.15) is 5.10 Å². The second-order valence-corrected chi connectivity index (χ2v) is 5.89. The van der Waals surface area contributed by atoms with Crippen molar-refractivity contribution in [2.45, 2.75) is 51.2 Å². The topological polar surface area (TPSA) is 39.1 Å². The van der Waals surface area contributed by atoms with E-state index in [1.54, 1.807) is 0 Å². The van der Waals surface area contributed by atoms with Crippen LogP contribution in [0.1, 0.15) is 51.1 Å². The van der Waals surface area contributed by atoms with E-state index in [-0.39, 0.29) is 11.6 Å². The molecule has 108 valence electrons. The molecule has 0 radical (unpaired) electrons. The molecule has 2 rings (SSSR count). The SMILES string of the molecule is CCNC(c1cnn(C)c1)C1(OC)CCC(C)CC1. The molecule has 4 nitrogen and oxygen atoms in total. The fraction of sp³-hybridized carbons (Fsp3) is 0.800. The number of hydrogen-bond donors (Lipinski definition) is 1. The summed E-state index contributed by atoms with van der Waals surface area (Å²) in [5, 5.41) is 7.93. The van der Waals surface area contributed by atoms with Crippen molar-refractivity contribution in [3.8, 4) is 0 Å². The van der Waals surface area contributed by atoms with Gasteiger partial charge in [-0.25, -0.2) is 0 Å². The predicted octanol–water partition coefficient (Wildman–Crippen LogP) is 2.67. The molecule has 19 heavy (non-hydrogen) atoms. The monoisotopic (exact) mass is 265 g/mol. The Bertz CT molecular complexity index is 394. The van der Waals surface area contributed by atoms with Crippen LogP contribution in [0.25, 0.3) is 0 Å². The minimum atomic E-state index is -0.0778. The van der Waals surface area contributed by atoms with Crippen LogP contribution in [0, 0.1) is 5.92 Å². The number of methoxy groups -OCH3 is 1. The second-order valence-electron chi connectivity index (χ2n) is 5.89. The number of rotatable bonds is 5. The van der Waals surface area contributed by atoms with E-state index in [9.17, 15) is 0 Å². The minimum Gasteiger partial charge on any atom is -0.376 e. The summed E-state index contributed by atoms with van der Waals surface area (Å²) in [6.45, 7) is 5.43. The van der Waals surface area contributed by atoms with E-state index in [1.807, 2.05) is 25.0 Å². The third-order valence-corrected chi connectivity index (χ3v) is 4.52. The number of nitrogens with zero attached hydrogens (tertiary/aromatic N) is 2. The summed E-state index contributed by atoms with van der Waals surface area (Å²) in [5.74, 6) is 0.819. The molecule has 0 amide bonds. The summed E-state index contributed by atoms with van der Waals surface area (Å²) in [6.07, 6.45) is 8.80. The molecule has 4 heteroatoms. The van der Waals surface area contributed by atoms with E-state index < -0.39 is 0 Å². The molecular weight excluding hydrogens is 238 g/mol. The minimum absolute atomic E-state index is 0.0778. The molecule has 1 aliphatic carbocycles. The summed E-state index contributed by atoms with van der Waals surface area (Å²) >= 11 is 0. The standard InChI is InChI=1S/C15H27N3O/c1-5-16-14(13-10-17-18(3)11-13)15(19-4)8-6-12(2)7-9-15/h10-12,14,16H,5-9H2,1-4H3. The molecule has 1 aliphatic rings. The van der Waals surface area contributed by atoms with Crippen LogP contribution in [0.2, 0.25) is 0 Å². The smallest absolute Gasteiger partial charge is 0.0873 e. The van der Waals surface area contributed by atoms with Crippen LogP contribution >= 0.6 is 0 Å². The Morgan fingerprint density at radius 2 is 2.21 bits per heavy atom. The van der Waals surface area contributed by atoms with E-state index in [0.717, 1.165) is 25.3 Å². The van der Waals surface area contributed by atoms with Crippen LogP contribution in [0.15, 0.2) is 12.4 Å². The van der Waals surface area contributed by atoms with Gasteiger partial charge in [-0.05, 0) is 38.1 Å². The highest BCUT2D eigenvalue weighted by Gasteiger charge is 2.42. The van der Waals surface area contributed by atoms with Crippen LogP contribution in [-0.2, 0) is 11.8 Å². The van der Waals surface area contributed by atoms with Crippen molar-refractivity contribution in [1.82, 2.24) is 15.1 Å². The quantitative estimate of drug-likeness (QED) is 0.889. The Morgan fingerprint density at radius 1 is 1.53 bits per heavy atom. The van der Waals surface area contributed by atoms with Gasteiger partial charge in [-0.15, -0.1) is 0 Å². The first kappa shape index (κ1) is 14.5. The van der Waals surface area contributed by atoms with Crippen molar-refractivity contribution in [1.29, 1.82) is 0 Å². The van der Waals surface area contributed by atoms with Crippen LogP contribution in [-0.4, -0.2) is 29.0 Å². The second kappa shape index (κ2) is 6.06. The lowest BCUT2D eigenvalue weighted by Gasteiger charge is -2.44. The van der Waals surface area contributed by atoms with Crippen LogP contribution in [0.3, 0.4) is 0 Å². The molecule has 0 spiro atoms. The maximum Gasteiger partial charge on any atom is 0.0873 e. The molecule has 1 saturated carbocycles. The molecular formula is C15H27N3O. The summed E-state index contributed by atoms with van der Waals surface area (Å²) in [5.41, 5.74) is 1.16. The Morgan fingerprint density at radius 3 is 2.68 bits per heavy atom. The van der Waals surface area contributed by atoms with E-state index in [0.29, 0.717) is 0 Å². The molecule has 1 aromatic heterocycles. The third-order valence-electron chi connectivity index (χ3n) is 4.52. The highest BCUT2D eigenvalue weighted by atomic mass is 16.5. The molecule has 1 heterocycles. The molecule has 1 aromatic rings. The summed E-state index contributed by atoms with van der Waals surface area (Å²) in [4.78, 5) is 0. The van der Waals surface area contributed by atoms with Crippen molar-refractivity contribution in [3.05, 3.63) is 18.0 Å². The van der Waals surface area contributed by atoms with E-state index >= 15 is 0 Å². The fourth-order valence-electron chi connectivity index (χ4n) is 3.26. The number of ether oxygens (including phenoxy) is 1. The van der Waals surface area contributed by atoms with Crippen LogP contribution < -0.4 is 5.32 Å². The van der Waals surface area contributed by atoms with Crippen molar-refractivity contribution in [2.24, 2.45) is 13.0 Å².